The van der Waals surface area contributed by atoms with Crippen molar-refractivity contribution >= 4 is 17.5 Å². The highest BCUT2D eigenvalue weighted by atomic mass is 35.5. The van der Waals surface area contributed by atoms with E-state index in [-0.39, 0.29) is 16.6 Å². The summed E-state index contributed by atoms with van der Waals surface area (Å²) < 4.78 is 13.0. The van der Waals surface area contributed by atoms with E-state index >= 15 is 0 Å². The first-order chi connectivity index (χ1) is 8.11. The Labute approximate surface area is 105 Å². The molecule has 5 heteroatoms. The van der Waals surface area contributed by atoms with Gasteiger partial charge in [-0.3, -0.25) is 4.79 Å². The Bertz CT molecular complexity index is 439. The van der Waals surface area contributed by atoms with E-state index in [1.807, 2.05) is 0 Å². The fourth-order valence-corrected chi connectivity index (χ4v) is 2.28. The summed E-state index contributed by atoms with van der Waals surface area (Å²) in [5.41, 5.74) is 0.156. The number of halogens is 2. The lowest BCUT2D eigenvalue weighted by molar-refractivity contribution is 0.0786. The zero-order chi connectivity index (χ0) is 12.4. The topological polar surface area (TPSA) is 33.2 Å². The SMILES string of the molecule is CCC1CCN(C(=O)c2cc(F)cnc2Cl)C1. The molecule has 1 unspecified atom stereocenters. The van der Waals surface area contributed by atoms with E-state index in [1.54, 1.807) is 4.90 Å². The van der Waals surface area contributed by atoms with Crippen molar-refractivity contribution in [2.24, 2.45) is 5.92 Å². The maximum absolute atomic E-state index is 13.0. The summed E-state index contributed by atoms with van der Waals surface area (Å²) in [4.78, 5) is 17.5. The van der Waals surface area contributed by atoms with Gasteiger partial charge in [0, 0.05) is 13.1 Å². The molecule has 92 valence electrons. The molecular weight excluding hydrogens is 243 g/mol. The smallest absolute Gasteiger partial charge is 0.257 e. The van der Waals surface area contributed by atoms with E-state index in [4.69, 9.17) is 11.6 Å². The van der Waals surface area contributed by atoms with Gasteiger partial charge < -0.3 is 4.90 Å². The molecule has 0 radical (unpaired) electrons. The molecule has 1 saturated heterocycles. The molecule has 1 aromatic rings. The Kier molecular flexibility index (Phi) is 3.62. The average molecular weight is 257 g/mol. The van der Waals surface area contributed by atoms with Crippen molar-refractivity contribution < 1.29 is 9.18 Å². The predicted octanol–water partition coefficient (Wildman–Crippen LogP) is 2.75. The van der Waals surface area contributed by atoms with Crippen molar-refractivity contribution in [1.29, 1.82) is 0 Å². The maximum atomic E-state index is 13.0. The zero-order valence-electron chi connectivity index (χ0n) is 9.62. The first-order valence-electron chi connectivity index (χ1n) is 5.72. The largest absolute Gasteiger partial charge is 0.338 e. The number of carbonyl (C=O) groups excluding carboxylic acids is 1. The molecule has 2 rings (SSSR count). The van der Waals surface area contributed by atoms with Crippen LogP contribution in [0.15, 0.2) is 12.3 Å². The molecule has 0 saturated carbocycles. The van der Waals surface area contributed by atoms with Gasteiger partial charge >= 0.3 is 0 Å². The molecule has 1 fully saturated rings. The number of pyridine rings is 1. The molecule has 0 bridgehead atoms. The molecular formula is C12H14ClFN2O. The highest BCUT2D eigenvalue weighted by molar-refractivity contribution is 6.32. The van der Waals surface area contributed by atoms with Crippen LogP contribution < -0.4 is 0 Å². The summed E-state index contributed by atoms with van der Waals surface area (Å²) in [6, 6.07) is 1.15. The standard InChI is InChI=1S/C12H14ClFN2O/c1-2-8-3-4-16(7-8)12(17)10-5-9(14)6-15-11(10)13/h5-6,8H,2-4,7H2,1H3. The number of likely N-dealkylation sites (tertiary alicyclic amines) is 1. The van der Waals surface area contributed by atoms with Crippen molar-refractivity contribution in [3.8, 4) is 0 Å². The predicted molar refractivity (Wildman–Crippen MR) is 63.5 cm³/mol. The van der Waals surface area contributed by atoms with E-state index < -0.39 is 5.82 Å². The fraction of sp³-hybridized carbons (Fsp3) is 0.500. The Morgan fingerprint density at radius 3 is 3.12 bits per heavy atom. The number of amides is 1. The minimum atomic E-state index is -0.538. The van der Waals surface area contributed by atoms with Gasteiger partial charge in [-0.05, 0) is 18.4 Å². The Morgan fingerprint density at radius 2 is 2.47 bits per heavy atom. The molecule has 1 aliphatic rings. The Hall–Kier alpha value is -1.16. The monoisotopic (exact) mass is 256 g/mol. The first-order valence-corrected chi connectivity index (χ1v) is 6.10. The molecule has 17 heavy (non-hydrogen) atoms. The highest BCUT2D eigenvalue weighted by Crippen LogP contribution is 2.23. The van der Waals surface area contributed by atoms with Crippen LogP contribution in [0, 0.1) is 11.7 Å². The Balaban J connectivity index is 2.17. The normalized spacial score (nSPS) is 19.7. The molecule has 1 atom stereocenters. The van der Waals surface area contributed by atoms with E-state index in [2.05, 4.69) is 11.9 Å². The lowest BCUT2D eigenvalue weighted by Gasteiger charge is -2.16. The summed E-state index contributed by atoms with van der Waals surface area (Å²) in [6.07, 6.45) is 3.07. The van der Waals surface area contributed by atoms with Crippen LogP contribution in [0.4, 0.5) is 4.39 Å². The van der Waals surface area contributed by atoms with Crippen LogP contribution in [0.1, 0.15) is 30.1 Å². The van der Waals surface area contributed by atoms with E-state index in [0.29, 0.717) is 12.5 Å². The van der Waals surface area contributed by atoms with Gasteiger partial charge in [-0.15, -0.1) is 0 Å². The van der Waals surface area contributed by atoms with Crippen LogP contribution in [0.5, 0.6) is 0 Å². The quantitative estimate of drug-likeness (QED) is 0.763. The third-order valence-corrected chi connectivity index (χ3v) is 3.49. The number of nitrogens with zero attached hydrogens (tertiary/aromatic N) is 2. The lowest BCUT2D eigenvalue weighted by atomic mass is 10.1. The summed E-state index contributed by atoms with van der Waals surface area (Å²) in [7, 11) is 0. The minimum absolute atomic E-state index is 0.0661. The Morgan fingerprint density at radius 1 is 1.71 bits per heavy atom. The number of rotatable bonds is 2. The zero-order valence-corrected chi connectivity index (χ0v) is 10.4. The minimum Gasteiger partial charge on any atom is -0.338 e. The number of aromatic nitrogens is 1. The summed E-state index contributed by atoms with van der Waals surface area (Å²) >= 11 is 5.81. The fourth-order valence-electron chi connectivity index (χ4n) is 2.09. The molecule has 0 aromatic carbocycles. The van der Waals surface area contributed by atoms with Crippen molar-refractivity contribution in [2.45, 2.75) is 19.8 Å². The second-order valence-electron chi connectivity index (χ2n) is 4.31. The van der Waals surface area contributed by atoms with Crippen molar-refractivity contribution in [3.63, 3.8) is 0 Å². The van der Waals surface area contributed by atoms with E-state index in [1.165, 1.54) is 0 Å². The summed E-state index contributed by atoms with van der Waals surface area (Å²) in [6.45, 7) is 3.54. The van der Waals surface area contributed by atoms with Gasteiger partial charge in [0.05, 0.1) is 11.8 Å². The van der Waals surface area contributed by atoms with Gasteiger partial charge in [0.25, 0.3) is 5.91 Å². The van der Waals surface area contributed by atoms with Gasteiger partial charge in [0.1, 0.15) is 11.0 Å². The third kappa shape index (κ3) is 2.57. The van der Waals surface area contributed by atoms with Gasteiger partial charge in [-0.25, -0.2) is 9.37 Å². The summed E-state index contributed by atoms with van der Waals surface area (Å²) in [5.74, 6) is -0.221. The molecule has 3 nitrogen and oxygen atoms in total. The highest BCUT2D eigenvalue weighted by Gasteiger charge is 2.27. The molecule has 1 aliphatic heterocycles. The molecule has 2 heterocycles. The van der Waals surface area contributed by atoms with Crippen LogP contribution >= 0.6 is 11.6 Å². The lowest BCUT2D eigenvalue weighted by Crippen LogP contribution is -2.29. The van der Waals surface area contributed by atoms with Crippen LogP contribution in [-0.2, 0) is 0 Å². The van der Waals surface area contributed by atoms with Crippen LogP contribution in [0.2, 0.25) is 5.15 Å². The van der Waals surface area contributed by atoms with E-state index in [9.17, 15) is 9.18 Å². The number of carbonyl (C=O) groups is 1. The van der Waals surface area contributed by atoms with Crippen molar-refractivity contribution in [3.05, 3.63) is 28.8 Å². The van der Waals surface area contributed by atoms with Gasteiger partial charge in [0.15, 0.2) is 0 Å². The molecule has 0 N–H and O–H groups in total. The first kappa shape index (κ1) is 12.3. The maximum Gasteiger partial charge on any atom is 0.257 e. The molecule has 0 spiro atoms. The van der Waals surface area contributed by atoms with E-state index in [0.717, 1.165) is 31.6 Å². The number of hydrogen-bond acceptors (Lipinski definition) is 2. The second kappa shape index (κ2) is 5.00. The van der Waals surface area contributed by atoms with Gasteiger partial charge in [-0.2, -0.15) is 0 Å². The van der Waals surface area contributed by atoms with Gasteiger partial charge in [0.2, 0.25) is 0 Å². The number of hydrogen-bond donors (Lipinski definition) is 0. The van der Waals surface area contributed by atoms with Crippen LogP contribution in [0.25, 0.3) is 0 Å². The molecule has 1 aromatic heterocycles. The third-order valence-electron chi connectivity index (χ3n) is 3.19. The second-order valence-corrected chi connectivity index (χ2v) is 4.66. The summed E-state index contributed by atoms with van der Waals surface area (Å²) in [5, 5.41) is 0.0661. The average Bonchev–Trinajstić information content (AvgIpc) is 2.80. The molecule has 0 aliphatic carbocycles. The van der Waals surface area contributed by atoms with Crippen LogP contribution in [-0.4, -0.2) is 28.9 Å². The van der Waals surface area contributed by atoms with Gasteiger partial charge in [-0.1, -0.05) is 24.9 Å². The van der Waals surface area contributed by atoms with Crippen LogP contribution in [0.3, 0.4) is 0 Å². The van der Waals surface area contributed by atoms with Crippen molar-refractivity contribution in [1.82, 2.24) is 9.88 Å². The van der Waals surface area contributed by atoms with Crippen molar-refractivity contribution in [2.75, 3.05) is 13.1 Å². The molecule has 1 amide bonds.